The number of hydrogen-bond acceptors (Lipinski definition) is 4. The van der Waals surface area contributed by atoms with Crippen molar-refractivity contribution in [3.63, 3.8) is 0 Å². The van der Waals surface area contributed by atoms with Crippen LogP contribution < -0.4 is 0 Å². The first-order chi connectivity index (χ1) is 8.59. The van der Waals surface area contributed by atoms with Gasteiger partial charge in [0.05, 0.1) is 15.7 Å². The van der Waals surface area contributed by atoms with E-state index in [-0.39, 0.29) is 10.9 Å². The van der Waals surface area contributed by atoms with E-state index in [1.165, 1.54) is 17.8 Å². The van der Waals surface area contributed by atoms with Crippen molar-refractivity contribution in [2.75, 3.05) is 0 Å². The number of nitro groups is 1. The third kappa shape index (κ3) is 2.64. The fourth-order valence-electron chi connectivity index (χ4n) is 2.22. The molecule has 1 fully saturated rings. The normalized spacial score (nSPS) is 22.9. The first-order valence-corrected chi connectivity index (χ1v) is 6.60. The average molecular weight is 267 g/mol. The predicted molar refractivity (Wildman–Crippen MR) is 67.7 cm³/mol. The van der Waals surface area contributed by atoms with Crippen LogP contribution in [0, 0.1) is 16.0 Å². The van der Waals surface area contributed by atoms with Crippen LogP contribution in [0.2, 0.25) is 0 Å². The molecule has 1 aromatic rings. The maximum atomic E-state index is 11.1. The van der Waals surface area contributed by atoms with Crippen LogP contribution in [-0.4, -0.2) is 21.2 Å². The van der Waals surface area contributed by atoms with Crippen molar-refractivity contribution in [1.29, 1.82) is 0 Å². The zero-order valence-corrected chi connectivity index (χ0v) is 10.4. The van der Waals surface area contributed by atoms with Crippen molar-refractivity contribution in [3.05, 3.63) is 34.4 Å². The summed E-state index contributed by atoms with van der Waals surface area (Å²) in [6.07, 6.45) is 2.33. The Morgan fingerprint density at radius 3 is 2.78 bits per heavy atom. The lowest BCUT2D eigenvalue weighted by atomic mass is 10.1. The quantitative estimate of drug-likeness (QED) is 0.670. The van der Waals surface area contributed by atoms with Crippen molar-refractivity contribution in [2.45, 2.75) is 29.4 Å². The molecule has 1 N–H and O–H groups in total. The van der Waals surface area contributed by atoms with E-state index in [9.17, 15) is 14.9 Å². The Kier molecular flexibility index (Phi) is 3.86. The number of benzene rings is 1. The van der Waals surface area contributed by atoms with Crippen LogP contribution in [0.4, 0.5) is 5.69 Å². The second-order valence-electron chi connectivity index (χ2n) is 4.26. The Bertz CT molecular complexity index is 477. The minimum absolute atomic E-state index is 0.0542. The standard InChI is InChI=1S/C12H13NO4S/c14-12(15)8-4-3-7-10(8)18-11-6-2-1-5-9(11)13(16)17/h1-2,5-6,8,10H,3-4,7H2,(H,14,15). The van der Waals surface area contributed by atoms with Gasteiger partial charge in [0.2, 0.25) is 0 Å². The van der Waals surface area contributed by atoms with E-state index < -0.39 is 16.8 Å². The van der Waals surface area contributed by atoms with Crippen molar-refractivity contribution in [1.82, 2.24) is 0 Å². The highest BCUT2D eigenvalue weighted by Crippen LogP contribution is 2.41. The van der Waals surface area contributed by atoms with E-state index in [1.54, 1.807) is 18.2 Å². The Balaban J connectivity index is 2.19. The average Bonchev–Trinajstić information content (AvgIpc) is 2.77. The summed E-state index contributed by atoms with van der Waals surface area (Å²) in [5.41, 5.74) is 0.0542. The lowest BCUT2D eigenvalue weighted by Gasteiger charge is -2.14. The zero-order valence-electron chi connectivity index (χ0n) is 9.61. The second kappa shape index (κ2) is 5.39. The molecule has 0 heterocycles. The van der Waals surface area contributed by atoms with Crippen molar-refractivity contribution in [2.24, 2.45) is 5.92 Å². The number of rotatable bonds is 4. The smallest absolute Gasteiger partial charge is 0.307 e. The zero-order chi connectivity index (χ0) is 13.1. The van der Waals surface area contributed by atoms with Gasteiger partial charge < -0.3 is 5.11 Å². The van der Waals surface area contributed by atoms with Gasteiger partial charge >= 0.3 is 5.97 Å². The van der Waals surface area contributed by atoms with Crippen LogP contribution in [0.3, 0.4) is 0 Å². The number of thioether (sulfide) groups is 1. The van der Waals surface area contributed by atoms with E-state index in [0.717, 1.165) is 12.8 Å². The molecule has 5 nitrogen and oxygen atoms in total. The number of carboxylic acid groups (broad SMARTS) is 1. The molecule has 1 aliphatic carbocycles. The van der Waals surface area contributed by atoms with Gasteiger partial charge in [0.25, 0.3) is 5.69 Å². The number of carbonyl (C=O) groups is 1. The summed E-state index contributed by atoms with van der Waals surface area (Å²) in [5, 5.41) is 19.9. The Labute approximate surface area is 108 Å². The molecular weight excluding hydrogens is 254 g/mol. The highest BCUT2D eigenvalue weighted by Gasteiger charge is 2.34. The maximum absolute atomic E-state index is 11.1. The summed E-state index contributed by atoms with van der Waals surface area (Å²) in [5.74, 6) is -1.20. The molecule has 0 amide bonds. The van der Waals surface area contributed by atoms with Gasteiger partial charge in [-0.05, 0) is 18.9 Å². The molecule has 0 bridgehead atoms. The molecule has 18 heavy (non-hydrogen) atoms. The predicted octanol–water partition coefficient (Wildman–Crippen LogP) is 2.94. The molecule has 1 saturated carbocycles. The lowest BCUT2D eigenvalue weighted by molar-refractivity contribution is -0.387. The first kappa shape index (κ1) is 12.9. The molecule has 0 aromatic heterocycles. The molecule has 0 aliphatic heterocycles. The molecule has 0 saturated heterocycles. The fourth-order valence-corrected chi connectivity index (χ4v) is 3.67. The van der Waals surface area contributed by atoms with Crippen LogP contribution in [0.1, 0.15) is 19.3 Å². The Hall–Kier alpha value is -1.56. The Morgan fingerprint density at radius 2 is 2.11 bits per heavy atom. The van der Waals surface area contributed by atoms with Gasteiger partial charge in [0.1, 0.15) is 0 Å². The van der Waals surface area contributed by atoms with Gasteiger partial charge in [-0.3, -0.25) is 14.9 Å². The van der Waals surface area contributed by atoms with Crippen molar-refractivity contribution < 1.29 is 14.8 Å². The monoisotopic (exact) mass is 267 g/mol. The van der Waals surface area contributed by atoms with Gasteiger partial charge in [-0.25, -0.2) is 0 Å². The largest absolute Gasteiger partial charge is 0.481 e. The number of para-hydroxylation sites is 1. The van der Waals surface area contributed by atoms with E-state index >= 15 is 0 Å². The van der Waals surface area contributed by atoms with Crippen molar-refractivity contribution in [3.8, 4) is 0 Å². The van der Waals surface area contributed by atoms with Crippen LogP contribution in [0.15, 0.2) is 29.2 Å². The molecular formula is C12H13NO4S. The van der Waals surface area contributed by atoms with Gasteiger partial charge in [0, 0.05) is 11.3 Å². The summed E-state index contributed by atoms with van der Waals surface area (Å²) in [6.45, 7) is 0. The molecule has 2 atom stereocenters. The van der Waals surface area contributed by atoms with Crippen LogP contribution >= 0.6 is 11.8 Å². The number of carboxylic acids is 1. The Morgan fingerprint density at radius 1 is 1.39 bits per heavy atom. The lowest BCUT2D eigenvalue weighted by Crippen LogP contribution is -2.20. The number of hydrogen-bond donors (Lipinski definition) is 1. The fraction of sp³-hybridized carbons (Fsp3) is 0.417. The number of aliphatic carboxylic acids is 1. The van der Waals surface area contributed by atoms with E-state index in [2.05, 4.69) is 0 Å². The number of nitro benzene ring substituents is 1. The van der Waals surface area contributed by atoms with Crippen molar-refractivity contribution >= 4 is 23.4 Å². The molecule has 2 rings (SSSR count). The van der Waals surface area contributed by atoms with Crippen LogP contribution in [-0.2, 0) is 4.79 Å². The minimum Gasteiger partial charge on any atom is -0.481 e. The van der Waals surface area contributed by atoms with Gasteiger partial charge in [-0.15, -0.1) is 11.8 Å². The first-order valence-electron chi connectivity index (χ1n) is 5.72. The van der Waals surface area contributed by atoms with Gasteiger partial charge in [0.15, 0.2) is 0 Å². The summed E-state index contributed by atoms with van der Waals surface area (Å²) < 4.78 is 0. The summed E-state index contributed by atoms with van der Waals surface area (Å²) in [7, 11) is 0. The van der Waals surface area contributed by atoms with Crippen LogP contribution in [0.5, 0.6) is 0 Å². The number of nitrogens with zero attached hydrogens (tertiary/aromatic N) is 1. The maximum Gasteiger partial charge on any atom is 0.307 e. The summed E-state index contributed by atoms with van der Waals surface area (Å²) in [6, 6.07) is 6.48. The molecule has 2 unspecified atom stereocenters. The second-order valence-corrected chi connectivity index (χ2v) is 5.54. The molecule has 96 valence electrons. The van der Waals surface area contributed by atoms with Gasteiger partial charge in [-0.1, -0.05) is 18.6 Å². The van der Waals surface area contributed by atoms with Gasteiger partial charge in [-0.2, -0.15) is 0 Å². The molecule has 0 spiro atoms. The third-order valence-corrected chi connectivity index (χ3v) is 4.58. The summed E-state index contributed by atoms with van der Waals surface area (Å²) in [4.78, 5) is 22.1. The van der Waals surface area contributed by atoms with Crippen LogP contribution in [0.25, 0.3) is 0 Å². The highest BCUT2D eigenvalue weighted by atomic mass is 32.2. The topological polar surface area (TPSA) is 80.4 Å². The van der Waals surface area contributed by atoms with E-state index in [4.69, 9.17) is 5.11 Å². The SMILES string of the molecule is O=C(O)C1CCCC1Sc1ccccc1[N+](=O)[O-]. The third-order valence-electron chi connectivity index (χ3n) is 3.11. The molecule has 6 heteroatoms. The van der Waals surface area contributed by atoms with E-state index in [1.807, 2.05) is 0 Å². The van der Waals surface area contributed by atoms with E-state index in [0.29, 0.717) is 11.3 Å². The molecule has 1 aromatic carbocycles. The highest BCUT2D eigenvalue weighted by molar-refractivity contribution is 8.00. The molecule has 0 radical (unpaired) electrons. The summed E-state index contributed by atoms with van der Waals surface area (Å²) >= 11 is 1.32. The molecule has 1 aliphatic rings. The minimum atomic E-state index is -0.802.